The lowest BCUT2D eigenvalue weighted by molar-refractivity contribution is -0.146. The van der Waals surface area contributed by atoms with E-state index in [4.69, 9.17) is 18.9 Å². The zero-order valence-electron chi connectivity index (χ0n) is 12.0. The molecule has 0 aromatic heterocycles. The van der Waals surface area contributed by atoms with Crippen molar-refractivity contribution in [2.24, 2.45) is 4.99 Å². The number of carbonyl (C=O) groups excluding carboxylic acids is 1. The molecule has 0 saturated carbocycles. The summed E-state index contributed by atoms with van der Waals surface area (Å²) in [5.41, 5.74) is 0.739. The highest BCUT2D eigenvalue weighted by atomic mass is 79.9. The molecule has 0 aliphatic carbocycles. The molecule has 1 heterocycles. The number of benzene rings is 1. The van der Waals surface area contributed by atoms with Gasteiger partial charge in [0.05, 0.1) is 20.8 Å². The van der Waals surface area contributed by atoms with Crippen LogP contribution >= 0.6 is 15.9 Å². The molecule has 6 nitrogen and oxygen atoms in total. The van der Waals surface area contributed by atoms with Crippen molar-refractivity contribution >= 4 is 28.3 Å². The van der Waals surface area contributed by atoms with Gasteiger partial charge in [0.2, 0.25) is 0 Å². The Morgan fingerprint density at radius 1 is 1.33 bits per heavy atom. The van der Waals surface area contributed by atoms with Gasteiger partial charge in [-0.1, -0.05) is 15.9 Å². The normalized spacial score (nSPS) is 20.0. The maximum Gasteiger partial charge on any atom is 0.335 e. The van der Waals surface area contributed by atoms with Gasteiger partial charge in [0.1, 0.15) is 0 Å². The second-order valence-corrected chi connectivity index (χ2v) is 5.09. The molecule has 0 bridgehead atoms. The standard InChI is InChI=1S/C14H16BrNO5/c1-4-20-14(17)12-13(21-7-16-12)8-5-10(18-2)11(19-3)6-9(8)15/h5-7,12-13H,4H2,1-3H3. The number of halogens is 1. The number of esters is 1. The molecule has 1 aliphatic heterocycles. The van der Waals surface area contributed by atoms with Gasteiger partial charge >= 0.3 is 5.97 Å². The maximum atomic E-state index is 11.9. The molecule has 0 amide bonds. The Bertz CT molecular complexity index is 561. The average Bonchev–Trinajstić information content (AvgIpc) is 2.96. The van der Waals surface area contributed by atoms with E-state index in [1.165, 1.54) is 6.40 Å². The van der Waals surface area contributed by atoms with Crippen LogP contribution in [0.3, 0.4) is 0 Å². The Labute approximate surface area is 131 Å². The Morgan fingerprint density at radius 2 is 2.00 bits per heavy atom. The van der Waals surface area contributed by atoms with Crippen LogP contribution in [0.1, 0.15) is 18.6 Å². The minimum Gasteiger partial charge on any atom is -0.493 e. The van der Waals surface area contributed by atoms with Crippen molar-refractivity contribution in [3.05, 3.63) is 22.2 Å². The van der Waals surface area contributed by atoms with E-state index in [-0.39, 0.29) is 0 Å². The molecule has 114 valence electrons. The van der Waals surface area contributed by atoms with Crippen molar-refractivity contribution in [3.8, 4) is 11.5 Å². The number of aliphatic imine (C=N–C) groups is 1. The van der Waals surface area contributed by atoms with Crippen LogP contribution in [0.2, 0.25) is 0 Å². The first-order valence-corrected chi connectivity index (χ1v) is 7.16. The second-order valence-electron chi connectivity index (χ2n) is 4.24. The molecule has 1 aromatic carbocycles. The van der Waals surface area contributed by atoms with Gasteiger partial charge in [0.25, 0.3) is 0 Å². The topological polar surface area (TPSA) is 66.4 Å². The predicted octanol–water partition coefficient (Wildman–Crippen LogP) is 2.50. The molecule has 0 spiro atoms. The fourth-order valence-corrected chi connectivity index (χ4v) is 2.61. The van der Waals surface area contributed by atoms with Crippen LogP contribution in [0, 0.1) is 0 Å². The van der Waals surface area contributed by atoms with Crippen LogP contribution < -0.4 is 9.47 Å². The molecule has 2 atom stereocenters. The molecule has 1 aromatic rings. The van der Waals surface area contributed by atoms with Crippen molar-refractivity contribution in [1.82, 2.24) is 0 Å². The van der Waals surface area contributed by atoms with E-state index in [1.54, 1.807) is 33.3 Å². The quantitative estimate of drug-likeness (QED) is 0.757. The first-order chi connectivity index (χ1) is 10.1. The van der Waals surface area contributed by atoms with Crippen LogP contribution in [-0.4, -0.2) is 39.2 Å². The van der Waals surface area contributed by atoms with Gasteiger partial charge < -0.3 is 18.9 Å². The summed E-state index contributed by atoms with van der Waals surface area (Å²) in [5.74, 6) is 0.714. The lowest BCUT2D eigenvalue weighted by Gasteiger charge is -2.19. The highest BCUT2D eigenvalue weighted by Gasteiger charge is 2.36. The summed E-state index contributed by atoms with van der Waals surface area (Å²) in [5, 5.41) is 0. The number of nitrogens with zero attached hydrogens (tertiary/aromatic N) is 1. The lowest BCUT2D eigenvalue weighted by atomic mass is 10.0. The Balaban J connectivity index is 2.35. The molecule has 0 N–H and O–H groups in total. The third-order valence-corrected chi connectivity index (χ3v) is 3.74. The van der Waals surface area contributed by atoms with Gasteiger partial charge in [-0.25, -0.2) is 9.79 Å². The SMILES string of the molecule is CCOC(=O)C1N=COC1c1cc(OC)c(OC)cc1Br. The molecule has 2 rings (SSSR count). The number of rotatable bonds is 5. The molecular formula is C14H16BrNO5. The van der Waals surface area contributed by atoms with E-state index in [2.05, 4.69) is 20.9 Å². The number of methoxy groups -OCH3 is 2. The predicted molar refractivity (Wildman–Crippen MR) is 80.0 cm³/mol. The van der Waals surface area contributed by atoms with Crippen molar-refractivity contribution in [2.75, 3.05) is 20.8 Å². The monoisotopic (exact) mass is 357 g/mol. The largest absolute Gasteiger partial charge is 0.493 e. The highest BCUT2D eigenvalue weighted by Crippen LogP contribution is 2.39. The van der Waals surface area contributed by atoms with E-state index in [9.17, 15) is 4.79 Å². The van der Waals surface area contributed by atoms with Crippen LogP contribution in [0.15, 0.2) is 21.6 Å². The smallest absolute Gasteiger partial charge is 0.335 e. The number of hydrogen-bond acceptors (Lipinski definition) is 6. The maximum absolute atomic E-state index is 11.9. The third kappa shape index (κ3) is 3.12. The summed E-state index contributed by atoms with van der Waals surface area (Å²) < 4.78 is 21.7. The minimum atomic E-state index is -0.723. The lowest BCUT2D eigenvalue weighted by Crippen LogP contribution is -2.26. The van der Waals surface area contributed by atoms with Crippen LogP contribution in [0.5, 0.6) is 11.5 Å². The van der Waals surface area contributed by atoms with Crippen molar-refractivity contribution < 1.29 is 23.7 Å². The van der Waals surface area contributed by atoms with E-state index in [1.807, 2.05) is 0 Å². The molecule has 2 unspecified atom stereocenters. The minimum absolute atomic E-state index is 0.296. The fourth-order valence-electron chi connectivity index (χ4n) is 2.06. The summed E-state index contributed by atoms with van der Waals surface area (Å²) >= 11 is 3.45. The summed E-state index contributed by atoms with van der Waals surface area (Å²) in [6.07, 6.45) is 0.716. The van der Waals surface area contributed by atoms with Crippen molar-refractivity contribution in [2.45, 2.75) is 19.1 Å². The molecule has 1 aliphatic rings. The summed E-state index contributed by atoms with van der Waals surface area (Å²) in [6.45, 7) is 2.05. The Hall–Kier alpha value is -1.76. The fraction of sp³-hybridized carbons (Fsp3) is 0.429. The van der Waals surface area contributed by atoms with Gasteiger partial charge in [0.15, 0.2) is 30.0 Å². The number of ether oxygens (including phenoxy) is 4. The van der Waals surface area contributed by atoms with E-state index < -0.39 is 18.1 Å². The zero-order chi connectivity index (χ0) is 15.4. The average molecular weight is 358 g/mol. The summed E-state index contributed by atoms with van der Waals surface area (Å²) in [7, 11) is 3.10. The van der Waals surface area contributed by atoms with Crippen LogP contribution in [-0.2, 0) is 14.3 Å². The third-order valence-electron chi connectivity index (χ3n) is 3.05. The van der Waals surface area contributed by atoms with Crippen molar-refractivity contribution in [1.29, 1.82) is 0 Å². The molecule has 0 radical (unpaired) electrons. The Morgan fingerprint density at radius 3 is 2.62 bits per heavy atom. The molecular weight excluding hydrogens is 342 g/mol. The van der Waals surface area contributed by atoms with E-state index >= 15 is 0 Å². The van der Waals surface area contributed by atoms with Crippen molar-refractivity contribution in [3.63, 3.8) is 0 Å². The van der Waals surface area contributed by atoms with Gasteiger partial charge in [0, 0.05) is 10.0 Å². The summed E-state index contributed by atoms with van der Waals surface area (Å²) in [6, 6.07) is 2.80. The first-order valence-electron chi connectivity index (χ1n) is 6.37. The first kappa shape index (κ1) is 15.6. The molecule has 7 heteroatoms. The summed E-state index contributed by atoms with van der Waals surface area (Å²) in [4.78, 5) is 16.0. The molecule has 21 heavy (non-hydrogen) atoms. The van der Waals surface area contributed by atoms with E-state index in [0.29, 0.717) is 18.1 Å². The number of hydrogen-bond donors (Lipinski definition) is 0. The Kier molecular flexibility index (Phi) is 5.06. The molecule has 0 fully saturated rings. The van der Waals surface area contributed by atoms with Gasteiger partial charge in [-0.3, -0.25) is 0 Å². The second kappa shape index (κ2) is 6.80. The van der Waals surface area contributed by atoms with Gasteiger partial charge in [-0.15, -0.1) is 0 Å². The zero-order valence-corrected chi connectivity index (χ0v) is 13.5. The van der Waals surface area contributed by atoms with Gasteiger partial charge in [-0.05, 0) is 19.1 Å². The molecule has 0 saturated heterocycles. The van der Waals surface area contributed by atoms with E-state index in [0.717, 1.165) is 10.0 Å². The highest BCUT2D eigenvalue weighted by molar-refractivity contribution is 9.10. The van der Waals surface area contributed by atoms with Crippen LogP contribution in [0.25, 0.3) is 0 Å². The van der Waals surface area contributed by atoms with Gasteiger partial charge in [-0.2, -0.15) is 0 Å². The number of carbonyl (C=O) groups is 1. The van der Waals surface area contributed by atoms with Crippen LogP contribution in [0.4, 0.5) is 0 Å².